The van der Waals surface area contributed by atoms with Crippen LogP contribution in [0.25, 0.3) is 10.8 Å². The van der Waals surface area contributed by atoms with Crippen LogP contribution in [0.2, 0.25) is 10.0 Å². The van der Waals surface area contributed by atoms with Crippen LogP contribution in [0.15, 0.2) is 109 Å². The van der Waals surface area contributed by atoms with E-state index in [4.69, 9.17) is 23.2 Å². The molecule has 214 valence electrons. The van der Waals surface area contributed by atoms with Gasteiger partial charge in [0.25, 0.3) is 0 Å². The van der Waals surface area contributed by atoms with Crippen LogP contribution in [0.5, 0.6) is 0 Å². The van der Waals surface area contributed by atoms with Crippen molar-refractivity contribution in [2.24, 2.45) is 0 Å². The van der Waals surface area contributed by atoms with Crippen molar-refractivity contribution >= 4 is 45.3 Å². The molecule has 4 aromatic rings. The van der Waals surface area contributed by atoms with Gasteiger partial charge in [0.2, 0.25) is 0 Å². The van der Waals surface area contributed by atoms with Crippen LogP contribution >= 0.6 is 23.2 Å². The highest BCUT2D eigenvalue weighted by atomic mass is 35.5. The minimum atomic E-state index is -0.648. The van der Waals surface area contributed by atoms with Crippen LogP contribution in [0.1, 0.15) is 43.0 Å². The summed E-state index contributed by atoms with van der Waals surface area (Å²) < 4.78 is 0. The fraction of sp³-hybridized carbons (Fsp3) is 0.222. The average Bonchev–Trinajstić information content (AvgIpc) is 3.14. The molecule has 0 saturated carbocycles. The van der Waals surface area contributed by atoms with Crippen molar-refractivity contribution in [1.29, 1.82) is 0 Å². The number of allylic oxidation sites excluding steroid dienone is 5. The van der Waals surface area contributed by atoms with Crippen LogP contribution in [0, 0.1) is 17.0 Å². The molecule has 0 N–H and O–H groups in total. The SMILES string of the molecule is C=C(/C=C/C=C1/N(C)c2cc(Cl)c([N+](=O)[O-])c(Cl)c2C1(C)Cc1ccccc1)C(C)(C)c1c(C)ccc2ccccc12. The van der Waals surface area contributed by atoms with Gasteiger partial charge in [0.1, 0.15) is 10.0 Å². The van der Waals surface area contributed by atoms with Gasteiger partial charge < -0.3 is 4.90 Å². The van der Waals surface area contributed by atoms with Crippen LogP contribution in [0.4, 0.5) is 11.4 Å². The van der Waals surface area contributed by atoms with Crippen LogP contribution in [-0.4, -0.2) is 12.0 Å². The lowest BCUT2D eigenvalue weighted by Gasteiger charge is -2.30. The summed E-state index contributed by atoms with van der Waals surface area (Å²) >= 11 is 13.2. The van der Waals surface area contributed by atoms with Gasteiger partial charge in [0.05, 0.1) is 4.92 Å². The number of nitro benzene ring substituents is 1. The number of hydrogen-bond donors (Lipinski definition) is 0. The van der Waals surface area contributed by atoms with Crippen molar-refractivity contribution in [3.63, 3.8) is 0 Å². The van der Waals surface area contributed by atoms with Gasteiger partial charge in [-0.3, -0.25) is 10.1 Å². The maximum Gasteiger partial charge on any atom is 0.306 e. The van der Waals surface area contributed by atoms with Crippen molar-refractivity contribution in [3.05, 3.63) is 151 Å². The lowest BCUT2D eigenvalue weighted by molar-refractivity contribution is -0.384. The number of likely N-dealkylation sites (N-methyl/N-ethyl adjacent to an activating group) is 1. The number of halogens is 2. The quantitative estimate of drug-likeness (QED) is 0.121. The van der Waals surface area contributed by atoms with Gasteiger partial charge in [0, 0.05) is 34.8 Å². The second kappa shape index (κ2) is 11.1. The predicted molar refractivity (Wildman–Crippen MR) is 177 cm³/mol. The van der Waals surface area contributed by atoms with Gasteiger partial charge >= 0.3 is 5.69 Å². The average molecular weight is 598 g/mol. The highest BCUT2D eigenvalue weighted by Gasteiger charge is 2.46. The molecule has 1 aliphatic heterocycles. The number of fused-ring (bicyclic) bond motifs is 2. The highest BCUT2D eigenvalue weighted by molar-refractivity contribution is 6.39. The molecule has 0 bridgehead atoms. The first-order valence-corrected chi connectivity index (χ1v) is 14.6. The summed E-state index contributed by atoms with van der Waals surface area (Å²) in [6, 6.07) is 24.5. The fourth-order valence-corrected chi connectivity index (χ4v) is 7.29. The van der Waals surface area contributed by atoms with Crippen molar-refractivity contribution < 1.29 is 4.92 Å². The number of nitrogens with zero attached hydrogens (tertiary/aromatic N) is 2. The monoisotopic (exact) mass is 596 g/mol. The van der Waals surface area contributed by atoms with E-state index in [1.165, 1.54) is 21.9 Å². The second-order valence-electron chi connectivity index (χ2n) is 11.8. The minimum Gasteiger partial charge on any atom is -0.347 e. The molecule has 1 heterocycles. The van der Waals surface area contributed by atoms with E-state index < -0.39 is 10.3 Å². The zero-order valence-corrected chi connectivity index (χ0v) is 26.1. The molecular weight excluding hydrogens is 563 g/mol. The summed E-state index contributed by atoms with van der Waals surface area (Å²) in [7, 11) is 1.95. The molecule has 0 aliphatic carbocycles. The summed E-state index contributed by atoms with van der Waals surface area (Å²) in [6.07, 6.45) is 6.75. The van der Waals surface area contributed by atoms with Gasteiger partial charge in [-0.25, -0.2) is 0 Å². The number of rotatable bonds is 7. The lowest BCUT2D eigenvalue weighted by Crippen LogP contribution is -2.29. The van der Waals surface area contributed by atoms with Crippen molar-refractivity contribution in [3.8, 4) is 0 Å². The summed E-state index contributed by atoms with van der Waals surface area (Å²) in [5, 5.41) is 14.5. The Bertz CT molecular complexity index is 1790. The molecule has 1 aliphatic rings. The first kappa shape index (κ1) is 29.6. The summed E-state index contributed by atoms with van der Waals surface area (Å²) in [4.78, 5) is 13.5. The fourth-order valence-electron chi connectivity index (χ4n) is 6.49. The third-order valence-electron chi connectivity index (χ3n) is 8.71. The Kier molecular flexibility index (Phi) is 7.82. The lowest BCUT2D eigenvalue weighted by atomic mass is 9.74. The van der Waals surface area contributed by atoms with Crippen molar-refractivity contribution in [2.45, 2.75) is 44.9 Å². The molecular formula is C36H34Cl2N2O2. The molecule has 4 nitrogen and oxygen atoms in total. The highest BCUT2D eigenvalue weighted by Crippen LogP contribution is 2.55. The van der Waals surface area contributed by atoms with E-state index in [9.17, 15) is 10.1 Å². The van der Waals surface area contributed by atoms with E-state index in [1.54, 1.807) is 6.07 Å². The standard InChI is InChI=1S/C36H34Cl2N2O2/c1-23-19-20-26-16-10-11-17-27(26)31(23)35(3,4)24(2)13-12-18-30-36(5,22-25-14-8-7-9-15-25)32-29(39(30)6)21-28(37)34(33(32)38)40(41)42/h7-21H,2,22H2,1,3-6H3/b13-12+,30-18+. The third kappa shape index (κ3) is 4.93. The number of benzene rings is 4. The van der Waals surface area contributed by atoms with Crippen LogP contribution in [0.3, 0.4) is 0 Å². The Hall–Kier alpha value is -3.86. The number of anilines is 1. The number of nitro groups is 1. The van der Waals surface area contributed by atoms with E-state index in [0.717, 1.165) is 22.5 Å². The van der Waals surface area contributed by atoms with Crippen molar-refractivity contribution in [2.75, 3.05) is 11.9 Å². The van der Waals surface area contributed by atoms with E-state index in [-0.39, 0.29) is 21.1 Å². The van der Waals surface area contributed by atoms with Gasteiger partial charge in [-0.2, -0.15) is 0 Å². The third-order valence-corrected chi connectivity index (χ3v) is 9.37. The summed E-state index contributed by atoms with van der Waals surface area (Å²) in [5.41, 5.74) is 5.75. The zero-order chi connectivity index (χ0) is 30.4. The molecule has 5 rings (SSSR count). The van der Waals surface area contributed by atoms with Crippen molar-refractivity contribution in [1.82, 2.24) is 0 Å². The second-order valence-corrected chi connectivity index (χ2v) is 12.6. The molecule has 0 spiro atoms. The number of aryl methyl sites for hydroxylation is 1. The molecule has 1 atom stereocenters. The Labute approximate surface area is 257 Å². The Morgan fingerprint density at radius 3 is 2.43 bits per heavy atom. The number of hydrogen-bond acceptors (Lipinski definition) is 3. The van der Waals surface area contributed by atoms with E-state index in [0.29, 0.717) is 12.0 Å². The maximum absolute atomic E-state index is 11.9. The molecule has 0 radical (unpaired) electrons. The molecule has 0 saturated heterocycles. The molecule has 42 heavy (non-hydrogen) atoms. The largest absolute Gasteiger partial charge is 0.347 e. The van der Waals surface area contributed by atoms with E-state index >= 15 is 0 Å². The van der Waals surface area contributed by atoms with Gasteiger partial charge in [0.15, 0.2) is 0 Å². The molecule has 1 unspecified atom stereocenters. The van der Waals surface area contributed by atoms with Gasteiger partial charge in [-0.05, 0) is 65.4 Å². The first-order chi connectivity index (χ1) is 19.9. The predicted octanol–water partition coefficient (Wildman–Crippen LogP) is 10.3. The Morgan fingerprint density at radius 1 is 1.07 bits per heavy atom. The first-order valence-electron chi connectivity index (χ1n) is 13.9. The maximum atomic E-state index is 11.9. The minimum absolute atomic E-state index is 0.0232. The molecule has 6 heteroatoms. The molecule has 4 aromatic carbocycles. The zero-order valence-electron chi connectivity index (χ0n) is 24.5. The Morgan fingerprint density at radius 2 is 1.74 bits per heavy atom. The van der Waals surface area contributed by atoms with Crippen LogP contribution in [-0.2, 0) is 17.3 Å². The molecule has 0 fully saturated rings. The summed E-state index contributed by atoms with van der Waals surface area (Å²) in [5.74, 6) is 0. The molecule has 0 amide bonds. The topological polar surface area (TPSA) is 46.4 Å². The van der Waals surface area contributed by atoms with Crippen LogP contribution < -0.4 is 4.90 Å². The summed E-state index contributed by atoms with van der Waals surface area (Å²) in [6.45, 7) is 13.1. The normalized spacial score (nSPS) is 17.8. The smallest absolute Gasteiger partial charge is 0.306 e. The van der Waals surface area contributed by atoms with Gasteiger partial charge in [-0.15, -0.1) is 0 Å². The van der Waals surface area contributed by atoms with E-state index in [2.05, 4.69) is 95.0 Å². The molecule has 0 aromatic heterocycles. The van der Waals surface area contributed by atoms with E-state index in [1.807, 2.05) is 36.2 Å². The van der Waals surface area contributed by atoms with Gasteiger partial charge in [-0.1, -0.05) is 123 Å². The Balaban J connectivity index is 1.59.